The summed E-state index contributed by atoms with van der Waals surface area (Å²) in [7, 11) is 0. The van der Waals surface area contributed by atoms with Crippen molar-refractivity contribution in [3.63, 3.8) is 0 Å². The zero-order valence-electron chi connectivity index (χ0n) is 19.7. The summed E-state index contributed by atoms with van der Waals surface area (Å²) in [6.45, 7) is 7.20. The number of carboxylic acids is 2. The Bertz CT molecular complexity index is 1040. The number of nitrogens with zero attached hydrogens (tertiary/aromatic N) is 2. The van der Waals surface area contributed by atoms with Gasteiger partial charge in [-0.3, -0.25) is 9.69 Å². The van der Waals surface area contributed by atoms with E-state index in [4.69, 9.17) is 23.2 Å². The Kier molecular flexibility index (Phi) is 7.32. The largest absolute Gasteiger partial charge is 0.481 e. The fourth-order valence-corrected chi connectivity index (χ4v) is 6.49. The first kappa shape index (κ1) is 25.1. The van der Waals surface area contributed by atoms with E-state index in [1.807, 2.05) is 19.1 Å². The molecule has 2 unspecified atom stereocenters. The van der Waals surface area contributed by atoms with E-state index in [0.717, 1.165) is 68.1 Å². The minimum atomic E-state index is -1.30. The molecule has 2 atom stereocenters. The fraction of sp³-hybridized carbons (Fsp3) is 0.538. The van der Waals surface area contributed by atoms with E-state index in [2.05, 4.69) is 15.9 Å². The second-order valence-corrected chi connectivity index (χ2v) is 10.7. The minimum Gasteiger partial charge on any atom is -0.481 e. The lowest BCUT2D eigenvalue weighted by atomic mass is 9.63. The van der Waals surface area contributed by atoms with Crippen LogP contribution in [-0.4, -0.2) is 59.8 Å². The molecule has 184 valence electrons. The number of piperazine rings is 1. The van der Waals surface area contributed by atoms with Gasteiger partial charge in [-0.25, -0.2) is 4.79 Å². The second kappa shape index (κ2) is 9.92. The molecule has 2 aliphatic carbocycles. The van der Waals surface area contributed by atoms with Gasteiger partial charge in [-0.05, 0) is 55.9 Å². The summed E-state index contributed by atoms with van der Waals surface area (Å²) < 4.78 is 0. The van der Waals surface area contributed by atoms with E-state index in [1.54, 1.807) is 13.0 Å². The number of rotatable bonds is 6. The number of halogens is 2. The first-order chi connectivity index (χ1) is 16.1. The normalized spacial score (nSPS) is 26.6. The lowest BCUT2D eigenvalue weighted by Crippen LogP contribution is -2.48. The van der Waals surface area contributed by atoms with Crippen LogP contribution in [-0.2, 0) is 9.59 Å². The third-order valence-electron chi connectivity index (χ3n) is 7.86. The monoisotopic (exact) mass is 506 g/mol. The maximum Gasteiger partial charge on any atom is 0.333 e. The molecule has 1 saturated heterocycles. The van der Waals surface area contributed by atoms with Crippen molar-refractivity contribution in [2.75, 3.05) is 37.6 Å². The van der Waals surface area contributed by atoms with Gasteiger partial charge >= 0.3 is 11.9 Å². The number of hydrogen-bond donors (Lipinski definition) is 2. The molecule has 1 heterocycles. The van der Waals surface area contributed by atoms with Crippen molar-refractivity contribution in [1.82, 2.24) is 4.90 Å². The number of carboxylic acid groups (broad SMARTS) is 2. The van der Waals surface area contributed by atoms with Gasteiger partial charge in [0, 0.05) is 49.4 Å². The molecular weight excluding hydrogens is 475 g/mol. The number of aliphatic carboxylic acids is 2. The number of anilines is 1. The van der Waals surface area contributed by atoms with Crippen LogP contribution >= 0.6 is 23.2 Å². The molecule has 0 aromatic heterocycles. The van der Waals surface area contributed by atoms with Crippen LogP contribution in [0.5, 0.6) is 0 Å². The van der Waals surface area contributed by atoms with Crippen LogP contribution in [0.4, 0.5) is 5.69 Å². The average molecular weight is 507 g/mol. The number of hydrogen-bond acceptors (Lipinski definition) is 4. The van der Waals surface area contributed by atoms with Crippen LogP contribution in [0.25, 0.3) is 0 Å². The molecule has 0 radical (unpaired) electrons. The molecule has 1 aliphatic heterocycles. The first-order valence-corrected chi connectivity index (χ1v) is 12.7. The van der Waals surface area contributed by atoms with Crippen LogP contribution < -0.4 is 4.90 Å². The molecule has 0 bridgehead atoms. The van der Waals surface area contributed by atoms with Crippen molar-refractivity contribution in [3.8, 4) is 0 Å². The Morgan fingerprint density at radius 2 is 1.74 bits per heavy atom. The second-order valence-electron chi connectivity index (χ2n) is 9.96. The van der Waals surface area contributed by atoms with Gasteiger partial charge in [0.25, 0.3) is 0 Å². The Labute approximate surface area is 210 Å². The van der Waals surface area contributed by atoms with Crippen LogP contribution in [0.15, 0.2) is 40.5 Å². The van der Waals surface area contributed by atoms with Crippen molar-refractivity contribution >= 4 is 40.8 Å². The van der Waals surface area contributed by atoms with Gasteiger partial charge in [0.1, 0.15) is 0 Å². The highest BCUT2D eigenvalue weighted by Crippen LogP contribution is 2.51. The van der Waals surface area contributed by atoms with Crippen molar-refractivity contribution in [3.05, 3.63) is 51.0 Å². The highest BCUT2D eigenvalue weighted by Gasteiger charge is 2.51. The van der Waals surface area contributed by atoms with Crippen molar-refractivity contribution in [1.29, 1.82) is 0 Å². The molecule has 4 rings (SSSR count). The van der Waals surface area contributed by atoms with Crippen LogP contribution in [0.3, 0.4) is 0 Å². The van der Waals surface area contributed by atoms with Crippen LogP contribution in [0, 0.1) is 24.2 Å². The molecule has 34 heavy (non-hydrogen) atoms. The molecule has 1 saturated carbocycles. The van der Waals surface area contributed by atoms with Crippen LogP contribution in [0.2, 0.25) is 5.02 Å². The lowest BCUT2D eigenvalue weighted by molar-refractivity contribution is -0.149. The summed E-state index contributed by atoms with van der Waals surface area (Å²) in [5, 5.41) is 21.3. The maximum atomic E-state index is 12.5. The van der Waals surface area contributed by atoms with Gasteiger partial charge in [0.05, 0.1) is 16.0 Å². The third-order valence-corrected chi connectivity index (χ3v) is 8.71. The Morgan fingerprint density at radius 1 is 1.09 bits per heavy atom. The van der Waals surface area contributed by atoms with Gasteiger partial charge in [-0.2, -0.15) is 0 Å². The summed E-state index contributed by atoms with van der Waals surface area (Å²) in [6.07, 6.45) is 5.40. The van der Waals surface area contributed by atoms with E-state index in [-0.39, 0.29) is 16.5 Å². The van der Waals surface area contributed by atoms with Gasteiger partial charge in [0.15, 0.2) is 0 Å². The Morgan fingerprint density at radius 3 is 2.32 bits per heavy atom. The maximum absolute atomic E-state index is 12.5. The molecule has 0 spiro atoms. The summed E-state index contributed by atoms with van der Waals surface area (Å²) >= 11 is 13.0. The SMILES string of the molecule is Cc1c(Cl)cccc1N1CCN(CC2=CC(C)(C(=O)O)C(C3CCCC3)C(C(=O)O)=C2Cl)CC1. The Balaban J connectivity index is 1.56. The predicted octanol–water partition coefficient (Wildman–Crippen LogP) is 5.19. The minimum absolute atomic E-state index is 0.0169. The summed E-state index contributed by atoms with van der Waals surface area (Å²) in [5.74, 6) is -2.71. The zero-order valence-corrected chi connectivity index (χ0v) is 21.2. The predicted molar refractivity (Wildman–Crippen MR) is 135 cm³/mol. The standard InChI is InChI=1S/C26H32Cl2N2O4/c1-16-19(27)8-5-9-20(16)30-12-10-29(11-13-30)15-18-14-26(2,25(33)34)22(17-6-3-4-7-17)21(23(18)28)24(31)32/h5,8-9,14,17,22H,3-4,6-7,10-13,15H2,1-2H3,(H,31,32)(H,33,34). The van der Waals surface area contributed by atoms with E-state index < -0.39 is 23.3 Å². The molecule has 6 nitrogen and oxygen atoms in total. The van der Waals surface area contributed by atoms with Crippen molar-refractivity contribution in [2.45, 2.75) is 39.5 Å². The highest BCUT2D eigenvalue weighted by molar-refractivity contribution is 6.34. The third kappa shape index (κ3) is 4.60. The molecular formula is C26H32Cl2N2O4. The van der Waals surface area contributed by atoms with E-state index >= 15 is 0 Å². The molecule has 8 heteroatoms. The average Bonchev–Trinajstić information content (AvgIpc) is 3.32. The van der Waals surface area contributed by atoms with Crippen LogP contribution in [0.1, 0.15) is 38.2 Å². The lowest BCUT2D eigenvalue weighted by Gasteiger charge is -2.42. The molecule has 1 aromatic carbocycles. The van der Waals surface area contributed by atoms with E-state index in [1.165, 1.54) is 0 Å². The van der Waals surface area contributed by atoms with Gasteiger partial charge < -0.3 is 15.1 Å². The fourth-order valence-electron chi connectivity index (χ4n) is 6.00. The van der Waals surface area contributed by atoms with E-state index in [0.29, 0.717) is 12.1 Å². The van der Waals surface area contributed by atoms with Crippen molar-refractivity contribution < 1.29 is 19.8 Å². The van der Waals surface area contributed by atoms with E-state index in [9.17, 15) is 19.8 Å². The molecule has 2 fully saturated rings. The van der Waals surface area contributed by atoms with Gasteiger partial charge in [0.2, 0.25) is 0 Å². The molecule has 3 aliphatic rings. The smallest absolute Gasteiger partial charge is 0.333 e. The number of benzene rings is 1. The molecule has 0 amide bonds. The van der Waals surface area contributed by atoms with Crippen molar-refractivity contribution in [2.24, 2.45) is 17.3 Å². The first-order valence-electron chi connectivity index (χ1n) is 11.9. The number of carbonyl (C=O) groups is 2. The molecule has 1 aromatic rings. The van der Waals surface area contributed by atoms with Gasteiger partial charge in [-0.1, -0.05) is 48.2 Å². The Hall–Kier alpha value is -2.02. The molecule has 2 N–H and O–H groups in total. The highest BCUT2D eigenvalue weighted by atomic mass is 35.5. The zero-order chi connectivity index (χ0) is 24.6. The quantitative estimate of drug-likeness (QED) is 0.552. The topological polar surface area (TPSA) is 81.1 Å². The summed E-state index contributed by atoms with van der Waals surface area (Å²) in [6, 6.07) is 5.91. The summed E-state index contributed by atoms with van der Waals surface area (Å²) in [4.78, 5) is 29.3. The summed E-state index contributed by atoms with van der Waals surface area (Å²) in [5.41, 5.74) is 1.55. The van der Waals surface area contributed by atoms with Gasteiger partial charge in [-0.15, -0.1) is 0 Å².